The van der Waals surface area contributed by atoms with Crippen molar-refractivity contribution in [2.24, 2.45) is 16.6 Å². The zero-order valence-electron chi connectivity index (χ0n) is 17.3. The fraction of sp³-hybridized carbons (Fsp3) is 0.143. The van der Waals surface area contributed by atoms with Crippen LogP contribution in [-0.4, -0.2) is 34.4 Å². The maximum absolute atomic E-state index is 15.0. The molecule has 0 spiro atoms. The van der Waals surface area contributed by atoms with Crippen LogP contribution in [0.2, 0.25) is 0 Å². The number of nitrogen functional groups attached to an aromatic ring is 2. The summed E-state index contributed by atoms with van der Waals surface area (Å²) < 4.78 is 15.0. The summed E-state index contributed by atoms with van der Waals surface area (Å²) in [4.78, 5) is 5.91. The zero-order chi connectivity index (χ0) is 23.1. The lowest BCUT2D eigenvalue weighted by Gasteiger charge is -2.26. The van der Waals surface area contributed by atoms with Crippen LogP contribution in [0.25, 0.3) is 10.9 Å². The Kier molecular flexibility index (Phi) is 7.26. The average Bonchev–Trinajstić information content (AvgIpc) is 3.28. The van der Waals surface area contributed by atoms with Gasteiger partial charge in [0.1, 0.15) is 0 Å². The van der Waals surface area contributed by atoms with E-state index in [2.05, 4.69) is 32.5 Å². The Bertz CT molecular complexity index is 1160. The third-order valence-corrected chi connectivity index (χ3v) is 4.65. The molecule has 0 aliphatic heterocycles. The lowest BCUT2D eigenvalue weighted by molar-refractivity contribution is 0.290. The van der Waals surface area contributed by atoms with Gasteiger partial charge in [-0.05, 0) is 42.8 Å². The highest BCUT2D eigenvalue weighted by atomic mass is 19.1. The van der Waals surface area contributed by atoms with Gasteiger partial charge in [0.2, 0.25) is 0 Å². The van der Waals surface area contributed by atoms with Crippen molar-refractivity contribution in [1.29, 1.82) is 0 Å². The number of hydrogen-bond donors (Lipinski definition) is 7. The summed E-state index contributed by atoms with van der Waals surface area (Å²) in [5.74, 6) is 4.63. The summed E-state index contributed by atoms with van der Waals surface area (Å²) in [5.41, 5.74) is 17.3. The Morgan fingerprint density at radius 3 is 2.88 bits per heavy atom. The number of aliphatic imine (C=N–C) groups is 1. The van der Waals surface area contributed by atoms with Gasteiger partial charge in [0.15, 0.2) is 17.6 Å². The molecule has 0 aliphatic carbocycles. The van der Waals surface area contributed by atoms with Crippen molar-refractivity contribution in [1.82, 2.24) is 10.2 Å². The molecular formula is C21H26FN9O. The number of nitrogens with one attached hydrogen (secondary N) is 3. The number of aromatic nitrogens is 2. The van der Waals surface area contributed by atoms with E-state index in [1.165, 1.54) is 0 Å². The Morgan fingerprint density at radius 2 is 2.16 bits per heavy atom. The number of guanidine groups is 1. The molecule has 168 valence electrons. The van der Waals surface area contributed by atoms with Crippen molar-refractivity contribution in [3.8, 4) is 0 Å². The molecule has 10 nitrogen and oxygen atoms in total. The molecule has 2 aromatic carbocycles. The molecular weight excluding hydrogens is 413 g/mol. The number of nitrogens with zero attached hydrogens (tertiary/aromatic N) is 3. The highest BCUT2D eigenvalue weighted by Crippen LogP contribution is 2.30. The number of fused-ring (bicyclic) bond motifs is 1. The van der Waals surface area contributed by atoms with E-state index in [9.17, 15) is 9.50 Å². The summed E-state index contributed by atoms with van der Waals surface area (Å²) in [5, 5.41) is 20.0. The minimum absolute atomic E-state index is 0.0697. The van der Waals surface area contributed by atoms with Crippen LogP contribution in [0.15, 0.2) is 71.9 Å². The first-order valence-corrected chi connectivity index (χ1v) is 9.78. The molecule has 0 bridgehead atoms. The van der Waals surface area contributed by atoms with E-state index in [4.69, 9.17) is 17.3 Å². The van der Waals surface area contributed by atoms with E-state index >= 15 is 0 Å². The van der Waals surface area contributed by atoms with Crippen molar-refractivity contribution >= 4 is 39.6 Å². The van der Waals surface area contributed by atoms with Crippen LogP contribution in [0.4, 0.5) is 27.1 Å². The summed E-state index contributed by atoms with van der Waals surface area (Å²) in [6.07, 6.45) is 3.06. The van der Waals surface area contributed by atoms with Gasteiger partial charge in [-0.3, -0.25) is 10.9 Å². The van der Waals surface area contributed by atoms with Crippen LogP contribution in [0.3, 0.4) is 0 Å². The van der Waals surface area contributed by atoms with E-state index in [0.29, 0.717) is 29.2 Å². The monoisotopic (exact) mass is 439 g/mol. The number of allylic oxidation sites excluding steroid dienone is 2. The largest absolute Gasteiger partial charge is 0.397 e. The second kappa shape index (κ2) is 10.3. The second-order valence-electron chi connectivity index (χ2n) is 6.78. The van der Waals surface area contributed by atoms with Crippen LogP contribution in [0.5, 0.6) is 0 Å². The maximum Gasteiger partial charge on any atom is 0.199 e. The minimum Gasteiger partial charge on any atom is -0.397 e. The van der Waals surface area contributed by atoms with Crippen LogP contribution in [0.1, 0.15) is 6.42 Å². The fourth-order valence-electron chi connectivity index (χ4n) is 3.14. The molecule has 3 rings (SSSR count). The van der Waals surface area contributed by atoms with Crippen molar-refractivity contribution < 1.29 is 9.50 Å². The molecule has 0 saturated carbocycles. The van der Waals surface area contributed by atoms with Gasteiger partial charge in [0.05, 0.1) is 28.8 Å². The Morgan fingerprint density at radius 1 is 1.34 bits per heavy atom. The highest BCUT2D eigenvalue weighted by molar-refractivity contribution is 5.95. The van der Waals surface area contributed by atoms with Gasteiger partial charge in [-0.2, -0.15) is 10.1 Å². The number of benzene rings is 2. The van der Waals surface area contributed by atoms with Crippen molar-refractivity contribution in [3.05, 3.63) is 66.9 Å². The lowest BCUT2D eigenvalue weighted by Crippen LogP contribution is -2.29. The maximum atomic E-state index is 15.0. The molecule has 0 fully saturated rings. The van der Waals surface area contributed by atoms with E-state index in [1.54, 1.807) is 29.3 Å². The van der Waals surface area contributed by atoms with Gasteiger partial charge in [-0.1, -0.05) is 12.6 Å². The first-order chi connectivity index (χ1) is 15.5. The number of H-pyrrole nitrogens is 1. The molecule has 11 heteroatoms. The summed E-state index contributed by atoms with van der Waals surface area (Å²) in [6.45, 7) is 3.71. The number of rotatable bonds is 9. The number of halogens is 1. The van der Waals surface area contributed by atoms with Crippen molar-refractivity contribution in [2.75, 3.05) is 34.5 Å². The van der Waals surface area contributed by atoms with Gasteiger partial charge in [0.25, 0.3) is 0 Å². The fourth-order valence-corrected chi connectivity index (χ4v) is 3.14. The van der Waals surface area contributed by atoms with Crippen LogP contribution in [0, 0.1) is 0 Å². The van der Waals surface area contributed by atoms with Gasteiger partial charge in [-0.25, -0.2) is 4.39 Å². The summed E-state index contributed by atoms with van der Waals surface area (Å²) in [6, 6.07) is 10.4. The molecule has 10 N–H and O–H groups in total. The van der Waals surface area contributed by atoms with E-state index in [-0.39, 0.29) is 24.9 Å². The van der Waals surface area contributed by atoms with Gasteiger partial charge < -0.3 is 32.2 Å². The standard InChI is InChI=1S/C21H26FN9O/c1-2-15(22)20(28-21(24)27-13-7-8-16(23)18(11-13)29-25)31(9-4-10-32)19-6-3-5-17-14(19)12-26-30-17/h2-3,5-8,11-12,29,32H,1,4,9-10,23,25H2,(H,26,30)(H3,24,27,28)/b20-15-. The quantitative estimate of drug-likeness (QED) is 0.0666. The lowest BCUT2D eigenvalue weighted by atomic mass is 10.2. The van der Waals surface area contributed by atoms with Gasteiger partial charge in [-0.15, -0.1) is 0 Å². The molecule has 0 amide bonds. The normalized spacial score (nSPS) is 12.4. The number of hydrazine groups is 1. The average molecular weight is 439 g/mol. The van der Waals surface area contributed by atoms with Crippen molar-refractivity contribution in [3.63, 3.8) is 0 Å². The van der Waals surface area contributed by atoms with E-state index < -0.39 is 5.83 Å². The van der Waals surface area contributed by atoms with Gasteiger partial charge >= 0.3 is 0 Å². The molecule has 0 atom stereocenters. The number of nitrogens with two attached hydrogens (primary N) is 3. The Hall–Kier alpha value is -4.09. The first kappa shape index (κ1) is 22.6. The second-order valence-corrected chi connectivity index (χ2v) is 6.78. The van der Waals surface area contributed by atoms with Crippen LogP contribution < -0.4 is 33.0 Å². The van der Waals surface area contributed by atoms with Gasteiger partial charge in [0, 0.05) is 24.2 Å². The first-order valence-electron chi connectivity index (χ1n) is 9.78. The predicted molar refractivity (Wildman–Crippen MR) is 127 cm³/mol. The topological polar surface area (TPSA) is 167 Å². The predicted octanol–water partition coefficient (Wildman–Crippen LogP) is 2.37. The summed E-state index contributed by atoms with van der Waals surface area (Å²) in [7, 11) is 0. The van der Waals surface area contributed by atoms with E-state index in [0.717, 1.165) is 17.0 Å². The van der Waals surface area contributed by atoms with E-state index in [1.807, 2.05) is 18.2 Å². The SMILES string of the molecule is C=C/C(F)=C(\N=C(/N)Nc1ccc(N)c(NN)c1)N(CCCO)c1cccc2[nH]ncc12. The Labute approximate surface area is 184 Å². The summed E-state index contributed by atoms with van der Waals surface area (Å²) >= 11 is 0. The number of anilines is 4. The number of aliphatic hydroxyl groups is 1. The smallest absolute Gasteiger partial charge is 0.199 e. The molecule has 0 unspecified atom stereocenters. The molecule has 3 aromatic rings. The third-order valence-electron chi connectivity index (χ3n) is 4.65. The molecule has 32 heavy (non-hydrogen) atoms. The van der Waals surface area contributed by atoms with Crippen LogP contribution >= 0.6 is 0 Å². The molecule has 0 radical (unpaired) electrons. The zero-order valence-corrected chi connectivity index (χ0v) is 17.3. The molecule has 1 aromatic heterocycles. The Balaban J connectivity index is 2.02. The number of aliphatic hydroxyl groups excluding tert-OH is 1. The number of aromatic amines is 1. The minimum atomic E-state index is -0.685. The van der Waals surface area contributed by atoms with Crippen LogP contribution in [-0.2, 0) is 0 Å². The third kappa shape index (κ3) is 4.96. The van der Waals surface area contributed by atoms with Crippen molar-refractivity contribution in [2.45, 2.75) is 6.42 Å². The molecule has 0 aliphatic rings. The molecule has 0 saturated heterocycles. The highest BCUT2D eigenvalue weighted by Gasteiger charge is 2.19. The number of hydrogen-bond acceptors (Lipinski definition) is 7. The molecule has 1 heterocycles.